The third kappa shape index (κ3) is 5.84. The molecule has 30 heavy (non-hydrogen) atoms. The molecule has 3 rings (SSSR count). The van der Waals surface area contributed by atoms with Gasteiger partial charge in [-0.2, -0.15) is 0 Å². The van der Waals surface area contributed by atoms with Gasteiger partial charge in [0.05, 0.1) is 0 Å². The van der Waals surface area contributed by atoms with Gasteiger partial charge in [-0.05, 0) is 44.1 Å². The Hall–Kier alpha value is -2.35. The van der Waals surface area contributed by atoms with Crippen molar-refractivity contribution in [2.24, 2.45) is 0 Å². The predicted octanol–water partition coefficient (Wildman–Crippen LogP) is 3.29. The van der Waals surface area contributed by atoms with Crippen LogP contribution in [-0.2, 0) is 11.2 Å². The van der Waals surface area contributed by atoms with Gasteiger partial charge in [0.25, 0.3) is 5.91 Å². The Kier molecular flexibility index (Phi) is 8.30. The SMILES string of the molecule is CSc1nnc(CCCNC(=O)CCNC(=O)c2ccccc2C)n1C1CCCC1. The third-order valence-electron chi connectivity index (χ3n) is 5.53. The van der Waals surface area contributed by atoms with E-state index in [1.807, 2.05) is 31.4 Å². The Morgan fingerprint density at radius 1 is 1.13 bits per heavy atom. The number of carbonyl (C=O) groups is 2. The molecule has 1 aliphatic carbocycles. The van der Waals surface area contributed by atoms with Crippen LogP contribution in [-0.4, -0.2) is 45.9 Å². The van der Waals surface area contributed by atoms with Gasteiger partial charge in [0.2, 0.25) is 5.91 Å². The number of nitrogens with zero attached hydrogens (tertiary/aromatic N) is 3. The van der Waals surface area contributed by atoms with Crippen LogP contribution in [0, 0.1) is 6.92 Å². The van der Waals surface area contributed by atoms with Crippen molar-refractivity contribution < 1.29 is 9.59 Å². The predicted molar refractivity (Wildman–Crippen MR) is 119 cm³/mol. The number of aromatic nitrogens is 3. The van der Waals surface area contributed by atoms with E-state index in [0.717, 1.165) is 29.4 Å². The highest BCUT2D eigenvalue weighted by Gasteiger charge is 2.23. The molecule has 0 bridgehead atoms. The van der Waals surface area contributed by atoms with Gasteiger partial charge in [0, 0.05) is 37.5 Å². The van der Waals surface area contributed by atoms with Crippen molar-refractivity contribution in [2.45, 2.75) is 63.1 Å². The molecule has 162 valence electrons. The highest BCUT2D eigenvalue weighted by molar-refractivity contribution is 7.98. The molecule has 2 aromatic rings. The third-order valence-corrected chi connectivity index (χ3v) is 6.18. The van der Waals surface area contributed by atoms with Gasteiger partial charge in [-0.25, -0.2) is 0 Å². The number of benzene rings is 1. The summed E-state index contributed by atoms with van der Waals surface area (Å²) in [7, 11) is 0. The van der Waals surface area contributed by atoms with Gasteiger partial charge in [-0.1, -0.05) is 42.8 Å². The lowest BCUT2D eigenvalue weighted by atomic mass is 10.1. The van der Waals surface area contributed by atoms with Gasteiger partial charge >= 0.3 is 0 Å². The summed E-state index contributed by atoms with van der Waals surface area (Å²) < 4.78 is 2.31. The minimum absolute atomic E-state index is 0.0536. The number of nitrogens with one attached hydrogen (secondary N) is 2. The molecule has 8 heteroatoms. The smallest absolute Gasteiger partial charge is 0.251 e. The first-order chi connectivity index (χ1) is 14.6. The summed E-state index contributed by atoms with van der Waals surface area (Å²) in [4.78, 5) is 24.2. The zero-order valence-electron chi connectivity index (χ0n) is 17.8. The maximum atomic E-state index is 12.2. The van der Waals surface area contributed by atoms with Crippen LogP contribution in [0.2, 0.25) is 0 Å². The van der Waals surface area contributed by atoms with E-state index in [0.29, 0.717) is 24.7 Å². The maximum absolute atomic E-state index is 12.2. The summed E-state index contributed by atoms with van der Waals surface area (Å²) in [6, 6.07) is 7.94. The molecule has 0 aliphatic heterocycles. The fourth-order valence-electron chi connectivity index (χ4n) is 3.92. The fraction of sp³-hybridized carbons (Fsp3) is 0.545. The zero-order chi connectivity index (χ0) is 21.3. The van der Waals surface area contributed by atoms with E-state index in [1.54, 1.807) is 17.8 Å². The number of amides is 2. The van der Waals surface area contributed by atoms with Crippen LogP contribution in [0.25, 0.3) is 0 Å². The summed E-state index contributed by atoms with van der Waals surface area (Å²) in [5.74, 6) is 0.824. The Morgan fingerprint density at radius 2 is 1.90 bits per heavy atom. The molecule has 0 saturated heterocycles. The minimum atomic E-state index is -0.142. The van der Waals surface area contributed by atoms with Crippen LogP contribution in [0.4, 0.5) is 0 Å². The van der Waals surface area contributed by atoms with Gasteiger partial charge in [-0.3, -0.25) is 9.59 Å². The van der Waals surface area contributed by atoms with Gasteiger partial charge in [-0.15, -0.1) is 10.2 Å². The van der Waals surface area contributed by atoms with Gasteiger partial charge < -0.3 is 15.2 Å². The van der Waals surface area contributed by atoms with Crippen LogP contribution < -0.4 is 10.6 Å². The molecule has 1 saturated carbocycles. The zero-order valence-corrected chi connectivity index (χ0v) is 18.6. The standard InChI is InChI=1S/C22H31N5O2S/c1-16-8-3-6-11-18(16)21(29)24-15-13-20(28)23-14-7-12-19-25-26-22(30-2)27(19)17-9-4-5-10-17/h3,6,8,11,17H,4-5,7,9-10,12-15H2,1-2H3,(H,23,28)(H,24,29). The van der Waals surface area contributed by atoms with Crippen molar-refractivity contribution in [3.05, 3.63) is 41.2 Å². The second-order valence-electron chi connectivity index (χ2n) is 7.69. The van der Waals surface area contributed by atoms with E-state index in [2.05, 4.69) is 25.4 Å². The molecule has 1 heterocycles. The highest BCUT2D eigenvalue weighted by Crippen LogP contribution is 2.33. The first-order valence-electron chi connectivity index (χ1n) is 10.7. The van der Waals surface area contributed by atoms with Crippen LogP contribution in [0.15, 0.2) is 29.4 Å². The lowest BCUT2D eigenvalue weighted by Gasteiger charge is -2.16. The maximum Gasteiger partial charge on any atom is 0.251 e. The number of rotatable bonds is 10. The molecule has 7 nitrogen and oxygen atoms in total. The summed E-state index contributed by atoms with van der Waals surface area (Å²) >= 11 is 1.64. The van der Waals surface area contributed by atoms with E-state index >= 15 is 0 Å². The lowest BCUT2D eigenvalue weighted by molar-refractivity contribution is -0.120. The topological polar surface area (TPSA) is 88.9 Å². The monoisotopic (exact) mass is 429 g/mol. The van der Waals surface area contributed by atoms with Crippen molar-refractivity contribution >= 4 is 23.6 Å². The molecule has 0 atom stereocenters. The molecule has 1 fully saturated rings. The van der Waals surface area contributed by atoms with Crippen LogP contribution >= 0.6 is 11.8 Å². The lowest BCUT2D eigenvalue weighted by Crippen LogP contribution is -2.31. The molecule has 0 radical (unpaired) electrons. The molecule has 0 unspecified atom stereocenters. The van der Waals surface area contributed by atoms with Crippen molar-refractivity contribution in [3.8, 4) is 0 Å². The van der Waals surface area contributed by atoms with E-state index in [1.165, 1.54) is 25.7 Å². The molecular weight excluding hydrogens is 398 g/mol. The van der Waals surface area contributed by atoms with Crippen molar-refractivity contribution in [1.29, 1.82) is 0 Å². The Labute approximate surface area is 182 Å². The van der Waals surface area contributed by atoms with Crippen molar-refractivity contribution in [3.63, 3.8) is 0 Å². The largest absolute Gasteiger partial charge is 0.356 e. The second-order valence-corrected chi connectivity index (χ2v) is 8.46. The van der Waals surface area contributed by atoms with Gasteiger partial charge in [0.15, 0.2) is 5.16 Å². The first-order valence-corrected chi connectivity index (χ1v) is 11.9. The summed E-state index contributed by atoms with van der Waals surface area (Å²) in [5, 5.41) is 15.5. The fourth-order valence-corrected chi connectivity index (χ4v) is 4.50. The summed E-state index contributed by atoms with van der Waals surface area (Å²) in [6.07, 6.45) is 8.87. The van der Waals surface area contributed by atoms with Gasteiger partial charge in [0.1, 0.15) is 5.82 Å². The number of aryl methyl sites for hydroxylation is 2. The molecule has 1 aromatic heterocycles. The second kappa shape index (κ2) is 11.2. The van der Waals surface area contributed by atoms with E-state index in [-0.39, 0.29) is 18.2 Å². The molecule has 1 aliphatic rings. The molecule has 0 spiro atoms. The Balaban J connectivity index is 1.37. The number of thioether (sulfide) groups is 1. The Morgan fingerprint density at radius 3 is 2.63 bits per heavy atom. The average Bonchev–Trinajstić information content (AvgIpc) is 3.40. The highest BCUT2D eigenvalue weighted by atomic mass is 32.2. The number of hydrogen-bond donors (Lipinski definition) is 2. The summed E-state index contributed by atoms with van der Waals surface area (Å²) in [5.41, 5.74) is 1.57. The molecular formula is C22H31N5O2S. The quantitative estimate of drug-likeness (QED) is 0.447. The van der Waals surface area contributed by atoms with Crippen LogP contribution in [0.1, 0.15) is 66.3 Å². The minimum Gasteiger partial charge on any atom is -0.356 e. The number of carbonyl (C=O) groups excluding carboxylic acids is 2. The van der Waals surface area contributed by atoms with E-state index in [4.69, 9.17) is 0 Å². The normalized spacial score (nSPS) is 14.1. The van der Waals surface area contributed by atoms with Crippen molar-refractivity contribution in [2.75, 3.05) is 19.3 Å². The van der Waals surface area contributed by atoms with Crippen LogP contribution in [0.5, 0.6) is 0 Å². The molecule has 1 aromatic carbocycles. The van der Waals surface area contributed by atoms with Crippen LogP contribution in [0.3, 0.4) is 0 Å². The number of hydrogen-bond acceptors (Lipinski definition) is 5. The van der Waals surface area contributed by atoms with E-state index < -0.39 is 0 Å². The van der Waals surface area contributed by atoms with Crippen molar-refractivity contribution in [1.82, 2.24) is 25.4 Å². The molecule has 2 N–H and O–H groups in total. The average molecular weight is 430 g/mol. The summed E-state index contributed by atoms with van der Waals surface area (Å²) in [6.45, 7) is 2.82. The Bertz CT molecular complexity index is 861. The van der Waals surface area contributed by atoms with E-state index in [9.17, 15) is 9.59 Å². The first kappa shape index (κ1) is 22.3. The molecule has 2 amide bonds.